The smallest absolute Gasteiger partial charge is 0.396 e. The van der Waals surface area contributed by atoms with Crippen LogP contribution < -0.4 is 10.6 Å². The normalized spacial score (nSPS) is 36.0. The van der Waals surface area contributed by atoms with Crippen LogP contribution in [0.5, 0.6) is 0 Å². The van der Waals surface area contributed by atoms with Crippen molar-refractivity contribution in [2.75, 3.05) is 13.7 Å². The monoisotopic (exact) mass is 480 g/mol. The molecule has 3 N–H and O–H groups in total. The summed E-state index contributed by atoms with van der Waals surface area (Å²) in [6, 6.07) is -0.176. The number of carbonyl (C=O) groups excluding carboxylic acids is 2. The standard InChI is InChI=1S/C24H31F3N4O3/c1-21(2,20(34)28-3)4-5-31-18(24(25,26)27)15(11-29-31)19(33)30-17-14-6-13-7-22(12-32)10-16(17)23(22,8-13)9-14/h4-5,11,13-14,16-17,32H,6-10,12H2,1-3H3,(H,28,34)(H,30,33)/b5-4+/t13?,14?,16?,17-,22-,23?/m1/s1. The van der Waals surface area contributed by atoms with Gasteiger partial charge in [-0.15, -0.1) is 0 Å². The van der Waals surface area contributed by atoms with Crippen LogP contribution >= 0.6 is 0 Å². The van der Waals surface area contributed by atoms with E-state index in [0.29, 0.717) is 10.6 Å². The van der Waals surface area contributed by atoms with Gasteiger partial charge < -0.3 is 15.7 Å². The van der Waals surface area contributed by atoms with Crippen molar-refractivity contribution in [1.82, 2.24) is 20.4 Å². The van der Waals surface area contributed by atoms with E-state index >= 15 is 0 Å². The molecule has 0 aliphatic heterocycles. The molecule has 4 aliphatic carbocycles. The Morgan fingerprint density at radius 3 is 2.65 bits per heavy atom. The highest BCUT2D eigenvalue weighted by molar-refractivity contribution is 5.95. The van der Waals surface area contributed by atoms with Gasteiger partial charge in [0.25, 0.3) is 5.91 Å². The van der Waals surface area contributed by atoms with E-state index in [0.717, 1.165) is 44.5 Å². The average molecular weight is 481 g/mol. The highest BCUT2D eigenvalue weighted by atomic mass is 19.4. The molecule has 1 spiro atoms. The maximum atomic E-state index is 14.0. The average Bonchev–Trinajstić information content (AvgIpc) is 3.33. The first-order chi connectivity index (χ1) is 15.9. The molecule has 1 aromatic heterocycles. The summed E-state index contributed by atoms with van der Waals surface area (Å²) < 4.78 is 42.6. The van der Waals surface area contributed by atoms with Crippen LogP contribution in [0.3, 0.4) is 0 Å². The predicted molar refractivity (Wildman–Crippen MR) is 117 cm³/mol. The number of alkyl halides is 3. The maximum absolute atomic E-state index is 14.0. The first kappa shape index (κ1) is 23.4. The summed E-state index contributed by atoms with van der Waals surface area (Å²) in [4.78, 5) is 25.1. The number of halogens is 3. The molecule has 6 atom stereocenters. The minimum Gasteiger partial charge on any atom is -0.396 e. The van der Waals surface area contributed by atoms with Crippen LogP contribution in [-0.2, 0) is 11.0 Å². The summed E-state index contributed by atoms with van der Waals surface area (Å²) in [5.41, 5.74) is -2.78. The second-order valence-electron chi connectivity index (χ2n) is 11.3. The lowest BCUT2D eigenvalue weighted by molar-refractivity contribution is -0.143. The quantitative estimate of drug-likeness (QED) is 0.583. The Balaban J connectivity index is 1.40. The highest BCUT2D eigenvalue weighted by Gasteiger charge is 2.76. The number of aliphatic hydroxyl groups excluding tert-OH is 1. The zero-order chi connectivity index (χ0) is 24.7. The van der Waals surface area contributed by atoms with Crippen LogP contribution in [0.25, 0.3) is 6.20 Å². The van der Waals surface area contributed by atoms with Gasteiger partial charge in [-0.2, -0.15) is 18.3 Å². The van der Waals surface area contributed by atoms with Gasteiger partial charge in [-0.25, -0.2) is 4.68 Å². The summed E-state index contributed by atoms with van der Waals surface area (Å²) in [6.45, 7) is 3.29. The second kappa shape index (κ2) is 7.32. The van der Waals surface area contributed by atoms with Crippen LogP contribution in [0.4, 0.5) is 13.2 Å². The van der Waals surface area contributed by atoms with Crippen molar-refractivity contribution in [3.05, 3.63) is 23.5 Å². The minimum atomic E-state index is -4.81. The van der Waals surface area contributed by atoms with E-state index in [4.69, 9.17) is 0 Å². The number of hydrogen-bond donors (Lipinski definition) is 3. The largest absolute Gasteiger partial charge is 0.434 e. The van der Waals surface area contributed by atoms with Gasteiger partial charge in [0.1, 0.15) is 0 Å². The van der Waals surface area contributed by atoms with E-state index in [1.165, 1.54) is 13.1 Å². The van der Waals surface area contributed by atoms with Gasteiger partial charge in [-0.3, -0.25) is 9.59 Å². The van der Waals surface area contributed by atoms with Gasteiger partial charge in [-0.05, 0) is 69.1 Å². The van der Waals surface area contributed by atoms with E-state index in [2.05, 4.69) is 15.7 Å². The Bertz CT molecular complexity index is 1060. The molecule has 7 nitrogen and oxygen atoms in total. The topological polar surface area (TPSA) is 96.2 Å². The van der Waals surface area contributed by atoms with Crippen molar-refractivity contribution >= 4 is 18.0 Å². The number of nitrogens with one attached hydrogen (secondary N) is 2. The molecule has 0 radical (unpaired) electrons. The number of fused-ring (bicyclic) bond motifs is 2. The van der Waals surface area contributed by atoms with Crippen molar-refractivity contribution in [2.45, 2.75) is 58.2 Å². The molecule has 4 saturated carbocycles. The fourth-order valence-electron chi connectivity index (χ4n) is 7.86. The number of aliphatic hydroxyl groups is 1. The van der Waals surface area contributed by atoms with E-state index in [1.807, 2.05) is 0 Å². The number of amides is 2. The van der Waals surface area contributed by atoms with Gasteiger partial charge in [0.05, 0.1) is 17.2 Å². The van der Waals surface area contributed by atoms with Gasteiger partial charge in [0.2, 0.25) is 5.91 Å². The van der Waals surface area contributed by atoms with Gasteiger partial charge in [0.15, 0.2) is 5.69 Å². The third kappa shape index (κ3) is 3.09. The van der Waals surface area contributed by atoms with E-state index in [9.17, 15) is 27.9 Å². The lowest BCUT2D eigenvalue weighted by Gasteiger charge is -2.59. The molecule has 0 saturated heterocycles. The number of nitrogens with zero attached hydrogens (tertiary/aromatic N) is 2. The van der Waals surface area contributed by atoms with Crippen molar-refractivity contribution in [2.24, 2.45) is 34.0 Å². The van der Waals surface area contributed by atoms with E-state index in [-0.39, 0.29) is 41.2 Å². The number of carbonyl (C=O) groups is 2. The Kier molecular flexibility index (Phi) is 5.03. The lowest BCUT2D eigenvalue weighted by atomic mass is 9.46. The summed E-state index contributed by atoms with van der Waals surface area (Å²) >= 11 is 0. The Morgan fingerprint density at radius 2 is 2.00 bits per heavy atom. The molecule has 0 aromatic carbocycles. The summed E-state index contributed by atoms with van der Waals surface area (Å²) in [5, 5.41) is 19.3. The summed E-state index contributed by atoms with van der Waals surface area (Å²) in [7, 11) is 1.45. The van der Waals surface area contributed by atoms with Crippen molar-refractivity contribution in [3.63, 3.8) is 0 Å². The van der Waals surface area contributed by atoms with Crippen molar-refractivity contribution in [3.8, 4) is 0 Å². The first-order valence-electron chi connectivity index (χ1n) is 11.9. The molecule has 186 valence electrons. The summed E-state index contributed by atoms with van der Waals surface area (Å²) in [5.74, 6) is -0.160. The number of rotatable bonds is 6. The SMILES string of the molecule is CNC(=O)C(C)(C)/C=C/n1ncc(C(=O)N[C@@H]2C3CC4CC5(C3)C2C[C@@]5(CO)C4)c1C(F)(F)F. The van der Waals surface area contributed by atoms with Gasteiger partial charge >= 0.3 is 6.18 Å². The highest BCUT2D eigenvalue weighted by Crippen LogP contribution is 2.80. The summed E-state index contributed by atoms with van der Waals surface area (Å²) in [6.07, 6.45) is 3.33. The van der Waals surface area contributed by atoms with Crippen LogP contribution in [0, 0.1) is 34.0 Å². The van der Waals surface area contributed by atoms with Crippen LogP contribution in [-0.4, -0.2) is 46.4 Å². The molecule has 4 unspecified atom stereocenters. The minimum absolute atomic E-state index is 0.0263. The van der Waals surface area contributed by atoms with E-state index < -0.39 is 28.8 Å². The Labute approximate surface area is 196 Å². The molecule has 4 fully saturated rings. The van der Waals surface area contributed by atoms with E-state index in [1.54, 1.807) is 13.8 Å². The molecule has 10 heteroatoms. The zero-order valence-corrected chi connectivity index (χ0v) is 19.6. The molecule has 4 aliphatic rings. The molecule has 3 bridgehead atoms. The Morgan fingerprint density at radius 1 is 1.26 bits per heavy atom. The van der Waals surface area contributed by atoms with Gasteiger partial charge in [-0.1, -0.05) is 6.08 Å². The van der Waals surface area contributed by atoms with Crippen LogP contribution in [0.15, 0.2) is 12.3 Å². The fraction of sp³-hybridized carbons (Fsp3) is 0.708. The third-order valence-electron chi connectivity index (χ3n) is 9.27. The molecular formula is C24H31F3N4O3. The first-order valence-corrected chi connectivity index (χ1v) is 11.9. The molecule has 34 heavy (non-hydrogen) atoms. The fourth-order valence-corrected chi connectivity index (χ4v) is 7.86. The van der Waals surface area contributed by atoms with Crippen molar-refractivity contribution < 1.29 is 27.9 Å². The molecule has 1 aromatic rings. The third-order valence-corrected chi connectivity index (χ3v) is 9.27. The molecule has 2 amide bonds. The van der Waals surface area contributed by atoms with Crippen molar-refractivity contribution in [1.29, 1.82) is 0 Å². The number of aromatic nitrogens is 2. The van der Waals surface area contributed by atoms with Gasteiger partial charge in [0, 0.05) is 31.3 Å². The second-order valence-corrected chi connectivity index (χ2v) is 11.3. The molecule has 5 rings (SSSR count). The van der Waals surface area contributed by atoms with Crippen LogP contribution in [0.2, 0.25) is 0 Å². The zero-order valence-electron chi connectivity index (χ0n) is 19.6. The maximum Gasteiger partial charge on any atom is 0.434 e. The Hall–Kier alpha value is -2.36. The predicted octanol–water partition coefficient (Wildman–Crippen LogP) is 3.06. The number of hydrogen-bond acceptors (Lipinski definition) is 4. The molecular weight excluding hydrogens is 449 g/mol. The lowest BCUT2D eigenvalue weighted by Crippen LogP contribution is -2.59. The van der Waals surface area contributed by atoms with Crippen LogP contribution in [0.1, 0.15) is 62.0 Å². The molecule has 1 heterocycles.